The molecule has 0 aromatic heterocycles. The summed E-state index contributed by atoms with van der Waals surface area (Å²) in [4.78, 5) is 0. The average molecular weight is 304 g/mol. The van der Waals surface area contributed by atoms with Crippen LogP contribution in [0.1, 0.15) is 5.56 Å². The minimum absolute atomic E-state index is 0.0727. The van der Waals surface area contributed by atoms with Crippen molar-refractivity contribution in [3.63, 3.8) is 0 Å². The summed E-state index contributed by atoms with van der Waals surface area (Å²) < 4.78 is 7.94. The maximum atomic E-state index is 8.63. The van der Waals surface area contributed by atoms with Crippen molar-refractivity contribution in [2.75, 3.05) is 13.2 Å². The number of benzene rings is 1. The predicted octanol–water partition coefficient (Wildman–Crippen LogP) is -2.12. The molecule has 1 aromatic carbocycles. The molecule has 0 saturated heterocycles. The number of ether oxygens (including phenoxy) is 1. The second-order valence-electron chi connectivity index (χ2n) is 2.82. The molecule has 1 N–H and O–H groups in total. The van der Waals surface area contributed by atoms with Gasteiger partial charge in [0.05, 0.1) is 0 Å². The molecule has 2 nitrogen and oxygen atoms in total. The van der Waals surface area contributed by atoms with E-state index in [2.05, 4.69) is 13.0 Å². The Morgan fingerprint density at radius 1 is 1.31 bits per heavy atom. The molecular weight excluding hydrogens is 290 g/mol. The zero-order chi connectivity index (χ0) is 9.84. The van der Waals surface area contributed by atoms with Crippen molar-refractivity contribution < 1.29 is 9.84 Å². The van der Waals surface area contributed by atoms with E-state index in [0.29, 0.717) is 6.61 Å². The molecule has 0 aliphatic rings. The molecule has 0 bridgehead atoms. The van der Waals surface area contributed by atoms with Gasteiger partial charge >= 0.3 is 95.8 Å². The summed E-state index contributed by atoms with van der Waals surface area (Å²) >= 11 is 3.20. The fourth-order valence-electron chi connectivity index (χ4n) is 0.996. The molecule has 1 aromatic rings. The third kappa shape index (κ3) is 3.05. The van der Waals surface area contributed by atoms with Crippen molar-refractivity contribution in [1.82, 2.24) is 0 Å². The Kier molecular flexibility index (Phi) is 4.38. The Hall–Kier alpha value is 0.0969. The quantitative estimate of drug-likeness (QED) is 0.647. The molecule has 0 radical (unpaired) electrons. The molecule has 0 aliphatic carbocycles. The van der Waals surface area contributed by atoms with Crippen molar-refractivity contribution in [1.29, 1.82) is 0 Å². The van der Waals surface area contributed by atoms with Crippen LogP contribution in [0.4, 0.5) is 0 Å². The van der Waals surface area contributed by atoms with Gasteiger partial charge < -0.3 is 0 Å². The van der Waals surface area contributed by atoms with E-state index in [1.807, 2.05) is 6.07 Å². The van der Waals surface area contributed by atoms with Crippen LogP contribution in [-0.4, -0.2) is 52.0 Å². The summed E-state index contributed by atoms with van der Waals surface area (Å²) in [5, 5.41) is 8.63. The first-order valence-electron chi connectivity index (χ1n) is 4.04. The van der Waals surface area contributed by atoms with Crippen LogP contribution >= 0.6 is 0 Å². The van der Waals surface area contributed by atoms with Gasteiger partial charge in [-0.25, -0.2) is 0 Å². The summed E-state index contributed by atoms with van der Waals surface area (Å²) in [6, 6.07) is 4.20. The Morgan fingerprint density at radius 2 is 2.00 bits per heavy atom. The van der Waals surface area contributed by atoms with Gasteiger partial charge in [0.1, 0.15) is 0 Å². The normalized spacial score (nSPS) is 10.2. The topological polar surface area (TPSA) is 29.5 Å². The summed E-state index contributed by atoms with van der Waals surface area (Å²) in [6.07, 6.45) is 0. The van der Waals surface area contributed by atoms with E-state index >= 15 is 0 Å². The number of aryl methyl sites for hydroxylation is 1. The predicted molar refractivity (Wildman–Crippen MR) is 60.1 cm³/mol. The van der Waals surface area contributed by atoms with E-state index in [9.17, 15) is 0 Å². The van der Waals surface area contributed by atoms with Crippen LogP contribution in [0, 0.1) is 6.92 Å². The SMILES string of the molecule is Cc1cc(OCCO)c([AsH2])cc1[AsH2]. The van der Waals surface area contributed by atoms with E-state index in [0.717, 1.165) is 5.75 Å². The van der Waals surface area contributed by atoms with Gasteiger partial charge in [-0.1, -0.05) is 0 Å². The fraction of sp³-hybridized carbons (Fsp3) is 0.333. The second-order valence-corrected chi connectivity index (χ2v) is 5.43. The summed E-state index contributed by atoms with van der Waals surface area (Å²) in [6.45, 7) is 2.53. The molecule has 0 fully saturated rings. The number of rotatable bonds is 3. The molecule has 13 heavy (non-hydrogen) atoms. The van der Waals surface area contributed by atoms with Gasteiger partial charge in [0.2, 0.25) is 0 Å². The van der Waals surface area contributed by atoms with Gasteiger partial charge in [-0.3, -0.25) is 0 Å². The van der Waals surface area contributed by atoms with Crippen LogP contribution in [0.25, 0.3) is 0 Å². The summed E-state index contributed by atoms with van der Waals surface area (Å²) in [5.41, 5.74) is 1.26. The molecular formula is C9H14As2O2. The van der Waals surface area contributed by atoms with Gasteiger partial charge in [0.25, 0.3) is 0 Å². The van der Waals surface area contributed by atoms with E-state index in [4.69, 9.17) is 9.84 Å². The Morgan fingerprint density at radius 3 is 2.62 bits per heavy atom. The molecule has 0 spiro atoms. The van der Waals surface area contributed by atoms with Gasteiger partial charge in [0, 0.05) is 0 Å². The van der Waals surface area contributed by atoms with Crippen LogP contribution < -0.4 is 13.4 Å². The van der Waals surface area contributed by atoms with Crippen molar-refractivity contribution in [3.8, 4) is 5.75 Å². The van der Waals surface area contributed by atoms with E-state index < -0.39 is 0 Å². The Bertz CT molecular complexity index is 300. The van der Waals surface area contributed by atoms with Gasteiger partial charge in [-0.05, 0) is 0 Å². The fourth-order valence-corrected chi connectivity index (χ4v) is 3.12. The number of aliphatic hydroxyl groups excluding tert-OH is 1. The molecule has 0 aliphatic heterocycles. The molecule has 1 rings (SSSR count). The van der Waals surface area contributed by atoms with E-state index in [1.54, 1.807) is 33.7 Å². The van der Waals surface area contributed by atoms with Gasteiger partial charge in [-0.2, -0.15) is 0 Å². The first kappa shape index (κ1) is 11.2. The number of hydrogen-bond acceptors (Lipinski definition) is 2. The van der Waals surface area contributed by atoms with Gasteiger partial charge in [-0.15, -0.1) is 0 Å². The maximum absolute atomic E-state index is 8.63. The Balaban J connectivity index is 2.88. The van der Waals surface area contributed by atoms with Crippen LogP contribution in [0.15, 0.2) is 12.1 Å². The van der Waals surface area contributed by atoms with Crippen LogP contribution in [0.5, 0.6) is 5.75 Å². The molecule has 2 atom stereocenters. The molecule has 0 heterocycles. The van der Waals surface area contributed by atoms with Gasteiger partial charge in [0.15, 0.2) is 0 Å². The molecule has 72 valence electrons. The van der Waals surface area contributed by atoms with Crippen molar-refractivity contribution >= 4 is 42.4 Å². The van der Waals surface area contributed by atoms with Crippen molar-refractivity contribution in [2.24, 2.45) is 0 Å². The first-order valence-corrected chi connectivity index (χ1v) is 6.46. The summed E-state index contributed by atoms with van der Waals surface area (Å²) in [7, 11) is 0. The number of aliphatic hydroxyl groups is 1. The zero-order valence-electron chi connectivity index (χ0n) is 7.58. The van der Waals surface area contributed by atoms with Crippen molar-refractivity contribution in [3.05, 3.63) is 17.7 Å². The zero-order valence-corrected chi connectivity index (χ0v) is 12.4. The van der Waals surface area contributed by atoms with Crippen LogP contribution in [0.3, 0.4) is 0 Å². The molecule has 4 heteroatoms. The number of hydrogen-bond donors (Lipinski definition) is 1. The average Bonchev–Trinajstić information content (AvgIpc) is 2.09. The summed E-state index contributed by atoms with van der Waals surface area (Å²) in [5.74, 6) is 0.910. The molecule has 0 saturated carbocycles. The third-order valence-corrected chi connectivity index (χ3v) is 4.00. The van der Waals surface area contributed by atoms with Crippen LogP contribution in [0.2, 0.25) is 0 Å². The molecule has 2 unspecified atom stereocenters. The first-order chi connectivity index (χ1) is 6.15. The Labute approximate surface area is 95.7 Å². The third-order valence-electron chi connectivity index (χ3n) is 1.75. The monoisotopic (exact) mass is 304 g/mol. The van der Waals surface area contributed by atoms with E-state index in [1.165, 1.54) is 14.3 Å². The minimum atomic E-state index is 0.0727. The van der Waals surface area contributed by atoms with Crippen molar-refractivity contribution in [2.45, 2.75) is 6.92 Å². The standard InChI is InChI=1S/C9H14As2O2/c1-6-4-9(13-3-2-12)8(11)5-7(6)10/h4-5,12H,2-3,10-11H2,1H3. The van der Waals surface area contributed by atoms with Crippen LogP contribution in [-0.2, 0) is 0 Å². The van der Waals surface area contributed by atoms with E-state index in [-0.39, 0.29) is 6.61 Å². The molecule has 0 amide bonds. The second kappa shape index (κ2) is 5.10.